The van der Waals surface area contributed by atoms with Crippen LogP contribution in [0.15, 0.2) is 27.4 Å². The first-order valence-corrected chi connectivity index (χ1v) is 9.66. The summed E-state index contributed by atoms with van der Waals surface area (Å²) in [6.07, 6.45) is 13.6. The van der Waals surface area contributed by atoms with Crippen LogP contribution in [-0.2, 0) is 0 Å². The normalized spacial score (nSPS) is 18.2. The van der Waals surface area contributed by atoms with Gasteiger partial charge in [-0.3, -0.25) is 14.3 Å². The number of allylic oxidation sites excluding steroid dienone is 1. The molecule has 0 aromatic carbocycles. The van der Waals surface area contributed by atoms with Crippen molar-refractivity contribution in [3.8, 4) is 0 Å². The average Bonchev–Trinajstić information content (AvgIpc) is 3.16. The van der Waals surface area contributed by atoms with Crippen molar-refractivity contribution in [3.63, 3.8) is 0 Å². The lowest BCUT2D eigenvalue weighted by atomic mass is 9.97. The quantitative estimate of drug-likeness (QED) is 0.805. The van der Waals surface area contributed by atoms with Gasteiger partial charge in [0.25, 0.3) is 5.56 Å². The summed E-state index contributed by atoms with van der Waals surface area (Å²) in [5.74, 6) is 0.447. The Hall–Kier alpha value is -2.44. The third-order valence-electron chi connectivity index (χ3n) is 5.49. The molecule has 0 bridgehead atoms. The Bertz CT molecular complexity index is 937. The minimum absolute atomic E-state index is 0.00257. The van der Waals surface area contributed by atoms with Gasteiger partial charge in [-0.25, -0.2) is 9.78 Å². The third-order valence-corrected chi connectivity index (χ3v) is 5.49. The molecule has 0 amide bonds. The highest BCUT2D eigenvalue weighted by Crippen LogP contribution is 2.27. The fourth-order valence-electron chi connectivity index (χ4n) is 4.06. The van der Waals surface area contributed by atoms with Crippen LogP contribution in [0.5, 0.6) is 0 Å². The van der Waals surface area contributed by atoms with E-state index in [0.29, 0.717) is 17.0 Å². The number of aromatic nitrogens is 4. The van der Waals surface area contributed by atoms with Gasteiger partial charge in [0.15, 0.2) is 5.65 Å². The van der Waals surface area contributed by atoms with Crippen molar-refractivity contribution in [1.29, 1.82) is 0 Å². The zero-order chi connectivity index (χ0) is 17.9. The SMILES string of the molecule is O=c1[nH]c2nc(NCCC3=CCCCC3)ncc2c(=O)n1C1CCCC1. The lowest BCUT2D eigenvalue weighted by Gasteiger charge is -2.14. The summed E-state index contributed by atoms with van der Waals surface area (Å²) in [7, 11) is 0. The van der Waals surface area contributed by atoms with Crippen molar-refractivity contribution in [1.82, 2.24) is 19.5 Å². The molecule has 1 saturated carbocycles. The summed E-state index contributed by atoms with van der Waals surface area (Å²) in [5.41, 5.74) is 1.14. The first kappa shape index (κ1) is 17.0. The van der Waals surface area contributed by atoms with E-state index in [4.69, 9.17) is 0 Å². The second-order valence-electron chi connectivity index (χ2n) is 7.28. The molecule has 7 nitrogen and oxygen atoms in total. The molecule has 138 valence electrons. The van der Waals surface area contributed by atoms with E-state index in [1.807, 2.05) is 0 Å². The lowest BCUT2D eigenvalue weighted by Crippen LogP contribution is -2.37. The third kappa shape index (κ3) is 3.43. The molecule has 0 saturated heterocycles. The Kier molecular flexibility index (Phi) is 4.86. The summed E-state index contributed by atoms with van der Waals surface area (Å²) >= 11 is 0. The minimum Gasteiger partial charge on any atom is -0.354 e. The van der Waals surface area contributed by atoms with Crippen LogP contribution in [0.3, 0.4) is 0 Å². The van der Waals surface area contributed by atoms with Crippen molar-refractivity contribution in [2.24, 2.45) is 0 Å². The predicted octanol–water partition coefficient (Wildman–Crippen LogP) is 2.90. The van der Waals surface area contributed by atoms with Crippen LogP contribution in [0.4, 0.5) is 5.95 Å². The Morgan fingerprint density at radius 3 is 2.81 bits per heavy atom. The van der Waals surface area contributed by atoms with E-state index in [1.54, 1.807) is 0 Å². The monoisotopic (exact) mass is 355 g/mol. The van der Waals surface area contributed by atoms with Gasteiger partial charge < -0.3 is 5.32 Å². The van der Waals surface area contributed by atoms with Gasteiger partial charge in [0.1, 0.15) is 5.39 Å². The fraction of sp³-hybridized carbons (Fsp3) is 0.579. The van der Waals surface area contributed by atoms with E-state index in [9.17, 15) is 9.59 Å². The molecule has 2 aliphatic carbocycles. The van der Waals surface area contributed by atoms with Crippen molar-refractivity contribution >= 4 is 17.0 Å². The maximum atomic E-state index is 12.7. The zero-order valence-corrected chi connectivity index (χ0v) is 15.0. The molecule has 2 aliphatic rings. The topological polar surface area (TPSA) is 92.7 Å². The van der Waals surface area contributed by atoms with Crippen LogP contribution in [0, 0.1) is 0 Å². The number of nitrogens with zero attached hydrogens (tertiary/aromatic N) is 3. The molecule has 4 rings (SSSR count). The van der Waals surface area contributed by atoms with Crippen molar-refractivity contribution < 1.29 is 0 Å². The highest BCUT2D eigenvalue weighted by atomic mass is 16.2. The Morgan fingerprint density at radius 1 is 1.19 bits per heavy atom. The molecule has 2 N–H and O–H groups in total. The van der Waals surface area contributed by atoms with E-state index in [-0.39, 0.29) is 17.3 Å². The lowest BCUT2D eigenvalue weighted by molar-refractivity contribution is 0.483. The van der Waals surface area contributed by atoms with E-state index < -0.39 is 0 Å². The van der Waals surface area contributed by atoms with Gasteiger partial charge in [-0.15, -0.1) is 0 Å². The second kappa shape index (κ2) is 7.43. The maximum Gasteiger partial charge on any atom is 0.330 e. The van der Waals surface area contributed by atoms with Crippen molar-refractivity contribution in [3.05, 3.63) is 38.7 Å². The van der Waals surface area contributed by atoms with Gasteiger partial charge in [0, 0.05) is 18.8 Å². The molecule has 0 spiro atoms. The Morgan fingerprint density at radius 2 is 2.04 bits per heavy atom. The number of nitrogens with one attached hydrogen (secondary N) is 2. The number of aromatic amines is 1. The summed E-state index contributed by atoms with van der Waals surface area (Å²) in [4.78, 5) is 36.5. The van der Waals surface area contributed by atoms with Crippen LogP contribution in [0.1, 0.15) is 63.8 Å². The average molecular weight is 355 g/mol. The predicted molar refractivity (Wildman–Crippen MR) is 102 cm³/mol. The molecule has 0 aliphatic heterocycles. The molecule has 26 heavy (non-hydrogen) atoms. The van der Waals surface area contributed by atoms with Gasteiger partial charge >= 0.3 is 5.69 Å². The number of hydrogen-bond acceptors (Lipinski definition) is 5. The highest BCUT2D eigenvalue weighted by Gasteiger charge is 2.21. The van der Waals surface area contributed by atoms with Crippen molar-refractivity contribution in [2.45, 2.75) is 63.8 Å². The van der Waals surface area contributed by atoms with E-state index in [2.05, 4.69) is 26.3 Å². The van der Waals surface area contributed by atoms with Crippen molar-refractivity contribution in [2.75, 3.05) is 11.9 Å². The molecule has 2 aromatic heterocycles. The number of hydrogen-bond donors (Lipinski definition) is 2. The molecule has 2 heterocycles. The molecule has 1 fully saturated rings. The van der Waals surface area contributed by atoms with Crippen LogP contribution >= 0.6 is 0 Å². The fourth-order valence-corrected chi connectivity index (χ4v) is 4.06. The summed E-state index contributed by atoms with van der Waals surface area (Å²) in [6, 6.07) is -0.00257. The van der Waals surface area contributed by atoms with Crippen LogP contribution in [0.2, 0.25) is 0 Å². The summed E-state index contributed by atoms with van der Waals surface area (Å²) < 4.78 is 1.35. The van der Waals surface area contributed by atoms with Gasteiger partial charge in [0.2, 0.25) is 5.95 Å². The Labute approximate surface area is 151 Å². The molecule has 0 atom stereocenters. The number of H-pyrrole nitrogens is 1. The largest absolute Gasteiger partial charge is 0.354 e. The zero-order valence-electron chi connectivity index (χ0n) is 15.0. The van der Waals surface area contributed by atoms with E-state index >= 15 is 0 Å². The molecular weight excluding hydrogens is 330 g/mol. The highest BCUT2D eigenvalue weighted by molar-refractivity contribution is 5.73. The number of anilines is 1. The summed E-state index contributed by atoms with van der Waals surface area (Å²) in [5, 5.41) is 3.57. The van der Waals surface area contributed by atoms with Crippen LogP contribution in [-0.4, -0.2) is 26.1 Å². The first-order valence-electron chi connectivity index (χ1n) is 9.66. The maximum absolute atomic E-state index is 12.7. The van der Waals surface area contributed by atoms with Gasteiger partial charge in [-0.2, -0.15) is 4.98 Å². The molecular formula is C19H25N5O2. The van der Waals surface area contributed by atoms with Crippen LogP contribution in [0.25, 0.3) is 11.0 Å². The minimum atomic E-state index is -0.369. The smallest absolute Gasteiger partial charge is 0.330 e. The van der Waals surface area contributed by atoms with Crippen LogP contribution < -0.4 is 16.6 Å². The molecule has 0 unspecified atom stereocenters. The Balaban J connectivity index is 1.53. The number of fused-ring (bicyclic) bond motifs is 1. The molecule has 0 radical (unpaired) electrons. The van der Waals surface area contributed by atoms with Gasteiger partial charge in [0.05, 0.1) is 0 Å². The van der Waals surface area contributed by atoms with Gasteiger partial charge in [-0.1, -0.05) is 24.5 Å². The van der Waals surface area contributed by atoms with E-state index in [1.165, 1.54) is 42.0 Å². The van der Waals surface area contributed by atoms with Gasteiger partial charge in [-0.05, 0) is 44.9 Å². The number of rotatable bonds is 5. The molecule has 2 aromatic rings. The molecule has 7 heteroatoms. The second-order valence-corrected chi connectivity index (χ2v) is 7.28. The first-order chi connectivity index (χ1) is 12.7. The van der Waals surface area contributed by atoms with E-state index in [0.717, 1.165) is 38.6 Å². The summed E-state index contributed by atoms with van der Waals surface area (Å²) in [6.45, 7) is 0.751. The standard InChI is InChI=1S/C19H25N5O2/c25-17-15-12-21-18(20-11-10-13-6-2-1-3-7-13)22-16(15)23-19(26)24(17)14-8-4-5-9-14/h6,12,14H,1-5,7-11H2,(H2,20,21,22,23,26).